The van der Waals surface area contributed by atoms with Gasteiger partial charge < -0.3 is 15.3 Å². The van der Waals surface area contributed by atoms with Gasteiger partial charge in [-0.2, -0.15) is 0 Å². The Hall–Kier alpha value is -0.120. The van der Waals surface area contributed by atoms with E-state index >= 15 is 0 Å². The molecule has 0 saturated heterocycles. The molecule has 4 aliphatic carbocycles. The Morgan fingerprint density at radius 1 is 0.788 bits per heavy atom. The van der Waals surface area contributed by atoms with E-state index < -0.39 is 6.10 Å². The van der Waals surface area contributed by atoms with Gasteiger partial charge in [0, 0.05) is 5.92 Å². The first kappa shape index (κ1) is 27.5. The van der Waals surface area contributed by atoms with Crippen LogP contribution in [-0.4, -0.2) is 33.6 Å². The maximum absolute atomic E-state index is 11.4. The Balaban J connectivity index is 0.00000149. The largest absolute Gasteiger partial charge is 0.393 e. The standard InChI is InChI=1S/C28H50O3.C2H6/c1-18(2)10-7-6-8-11-19-16-21(30)25-26(19,3)15-13-23-27(4)14-9-12-20(29)24(27)22(31)17-28(23,25)5;1-2/h18-25,29-31H,6-17H2,1-5H3;1-2H3. The summed E-state index contributed by atoms with van der Waals surface area (Å²) in [6, 6.07) is 0. The van der Waals surface area contributed by atoms with Crippen LogP contribution in [0.3, 0.4) is 0 Å². The number of aliphatic hydroxyl groups excluding tert-OH is 3. The van der Waals surface area contributed by atoms with Crippen molar-refractivity contribution in [3.8, 4) is 0 Å². The van der Waals surface area contributed by atoms with Gasteiger partial charge in [0.2, 0.25) is 0 Å². The molecule has 3 heteroatoms. The Morgan fingerprint density at radius 2 is 1.48 bits per heavy atom. The van der Waals surface area contributed by atoms with E-state index in [1.165, 1.54) is 44.9 Å². The van der Waals surface area contributed by atoms with E-state index in [2.05, 4.69) is 34.6 Å². The first-order chi connectivity index (χ1) is 15.5. The molecule has 0 radical (unpaired) electrons. The fourth-order valence-electron chi connectivity index (χ4n) is 10.0. The van der Waals surface area contributed by atoms with Crippen LogP contribution < -0.4 is 0 Å². The van der Waals surface area contributed by atoms with Crippen molar-refractivity contribution in [2.45, 2.75) is 144 Å². The molecule has 4 aliphatic rings. The van der Waals surface area contributed by atoms with Crippen LogP contribution in [0.5, 0.6) is 0 Å². The van der Waals surface area contributed by atoms with Crippen molar-refractivity contribution in [2.75, 3.05) is 0 Å². The molecule has 0 aromatic heterocycles. The van der Waals surface area contributed by atoms with Gasteiger partial charge in [-0.15, -0.1) is 0 Å². The molecule has 0 spiro atoms. The minimum atomic E-state index is -0.439. The van der Waals surface area contributed by atoms with Crippen molar-refractivity contribution in [3.63, 3.8) is 0 Å². The van der Waals surface area contributed by atoms with Crippen LogP contribution in [0.15, 0.2) is 0 Å². The average Bonchev–Trinajstić information content (AvgIpc) is 2.99. The first-order valence-electron chi connectivity index (χ1n) is 14.6. The summed E-state index contributed by atoms with van der Waals surface area (Å²) in [7, 11) is 0. The van der Waals surface area contributed by atoms with Crippen LogP contribution in [0, 0.1) is 45.8 Å². The van der Waals surface area contributed by atoms with Gasteiger partial charge in [-0.25, -0.2) is 0 Å². The lowest BCUT2D eigenvalue weighted by molar-refractivity contribution is -0.233. The van der Waals surface area contributed by atoms with E-state index in [1.807, 2.05) is 13.8 Å². The summed E-state index contributed by atoms with van der Waals surface area (Å²) in [5.74, 6) is 2.21. The van der Waals surface area contributed by atoms with Crippen LogP contribution >= 0.6 is 0 Å². The zero-order valence-corrected chi connectivity index (χ0v) is 22.9. The Morgan fingerprint density at radius 3 is 2.15 bits per heavy atom. The van der Waals surface area contributed by atoms with E-state index in [0.29, 0.717) is 11.8 Å². The van der Waals surface area contributed by atoms with Gasteiger partial charge in [-0.1, -0.05) is 80.6 Å². The van der Waals surface area contributed by atoms with Gasteiger partial charge in [-0.3, -0.25) is 0 Å². The second-order valence-corrected chi connectivity index (χ2v) is 13.4. The lowest BCUT2D eigenvalue weighted by Gasteiger charge is -2.67. The highest BCUT2D eigenvalue weighted by Gasteiger charge is 2.69. The van der Waals surface area contributed by atoms with Crippen molar-refractivity contribution in [2.24, 2.45) is 45.8 Å². The van der Waals surface area contributed by atoms with Gasteiger partial charge in [0.25, 0.3) is 0 Å². The highest BCUT2D eigenvalue weighted by Crippen LogP contribution is 2.72. The molecule has 10 atom stereocenters. The summed E-state index contributed by atoms with van der Waals surface area (Å²) in [6.45, 7) is 15.9. The molecule has 4 rings (SSSR count). The highest BCUT2D eigenvalue weighted by atomic mass is 16.3. The Bertz CT molecular complexity index is 634. The molecular weight excluding hydrogens is 408 g/mol. The van der Waals surface area contributed by atoms with Gasteiger partial charge in [0.1, 0.15) is 0 Å². The fraction of sp³-hybridized carbons (Fsp3) is 1.00. The number of unbranched alkanes of at least 4 members (excludes halogenated alkanes) is 2. The van der Waals surface area contributed by atoms with Crippen molar-refractivity contribution in [1.29, 1.82) is 0 Å². The molecule has 0 aliphatic heterocycles. The van der Waals surface area contributed by atoms with Crippen LogP contribution in [0.25, 0.3) is 0 Å². The van der Waals surface area contributed by atoms with Gasteiger partial charge in [0.15, 0.2) is 0 Å². The zero-order chi connectivity index (χ0) is 24.6. The molecule has 3 N–H and O–H groups in total. The van der Waals surface area contributed by atoms with Crippen molar-refractivity contribution in [1.82, 2.24) is 0 Å². The Labute approximate surface area is 205 Å². The lowest BCUT2D eigenvalue weighted by Crippen LogP contribution is -2.65. The van der Waals surface area contributed by atoms with Crippen LogP contribution in [0.1, 0.15) is 126 Å². The summed E-state index contributed by atoms with van der Waals surface area (Å²) in [4.78, 5) is 0. The maximum atomic E-state index is 11.4. The molecule has 194 valence electrons. The van der Waals surface area contributed by atoms with E-state index in [4.69, 9.17) is 0 Å². The molecule has 4 fully saturated rings. The molecule has 0 heterocycles. The number of fused-ring (bicyclic) bond motifs is 5. The van der Waals surface area contributed by atoms with Gasteiger partial charge in [0.05, 0.1) is 18.3 Å². The SMILES string of the molecule is CC.CC(C)CCCCCC1CC(O)C2C1(C)CCC1C3(C)CCCC(O)C3C(O)CC12C. The zero-order valence-electron chi connectivity index (χ0n) is 22.9. The molecule has 4 saturated carbocycles. The third-order valence-electron chi connectivity index (χ3n) is 11.1. The monoisotopic (exact) mass is 464 g/mol. The molecular formula is C30H56O3. The second kappa shape index (κ2) is 10.5. The smallest absolute Gasteiger partial charge is 0.0603 e. The van der Waals surface area contributed by atoms with Crippen LogP contribution in [0.2, 0.25) is 0 Å². The summed E-state index contributed by atoms with van der Waals surface area (Å²) in [6.07, 6.45) is 12.6. The normalized spacial score (nSPS) is 49.0. The molecule has 0 aromatic rings. The molecule has 0 amide bonds. The topological polar surface area (TPSA) is 60.7 Å². The highest BCUT2D eigenvalue weighted by molar-refractivity contribution is 5.17. The molecule has 10 unspecified atom stereocenters. The first-order valence-corrected chi connectivity index (χ1v) is 14.6. The van der Waals surface area contributed by atoms with E-state index in [0.717, 1.165) is 38.0 Å². The van der Waals surface area contributed by atoms with Crippen LogP contribution in [0.4, 0.5) is 0 Å². The molecule has 0 bridgehead atoms. The number of hydrogen-bond acceptors (Lipinski definition) is 3. The van der Waals surface area contributed by atoms with Gasteiger partial charge in [-0.05, 0) is 84.9 Å². The maximum Gasteiger partial charge on any atom is 0.0603 e. The van der Waals surface area contributed by atoms with Gasteiger partial charge >= 0.3 is 0 Å². The fourth-order valence-corrected chi connectivity index (χ4v) is 10.0. The Kier molecular flexibility index (Phi) is 8.72. The predicted octanol–water partition coefficient (Wildman–Crippen LogP) is 6.97. The van der Waals surface area contributed by atoms with Crippen molar-refractivity contribution < 1.29 is 15.3 Å². The van der Waals surface area contributed by atoms with E-state index in [9.17, 15) is 15.3 Å². The second-order valence-electron chi connectivity index (χ2n) is 13.4. The van der Waals surface area contributed by atoms with E-state index in [-0.39, 0.29) is 40.3 Å². The number of aliphatic hydroxyl groups is 3. The third-order valence-corrected chi connectivity index (χ3v) is 11.1. The minimum absolute atomic E-state index is 0.0000653. The van der Waals surface area contributed by atoms with Crippen LogP contribution in [-0.2, 0) is 0 Å². The average molecular weight is 465 g/mol. The van der Waals surface area contributed by atoms with Crippen molar-refractivity contribution >= 4 is 0 Å². The number of hydrogen-bond donors (Lipinski definition) is 3. The summed E-state index contributed by atoms with van der Waals surface area (Å²) in [5.41, 5.74) is 0.166. The molecule has 0 aromatic carbocycles. The molecule has 33 heavy (non-hydrogen) atoms. The van der Waals surface area contributed by atoms with E-state index in [1.54, 1.807) is 0 Å². The summed E-state index contributed by atoms with van der Waals surface area (Å²) in [5, 5.41) is 33.5. The van der Waals surface area contributed by atoms with Crippen molar-refractivity contribution in [3.05, 3.63) is 0 Å². The summed E-state index contributed by atoms with van der Waals surface area (Å²) >= 11 is 0. The number of rotatable bonds is 6. The molecule has 3 nitrogen and oxygen atoms in total. The summed E-state index contributed by atoms with van der Waals surface area (Å²) < 4.78 is 0. The third kappa shape index (κ3) is 4.69. The minimum Gasteiger partial charge on any atom is -0.393 e. The lowest BCUT2D eigenvalue weighted by atomic mass is 9.38. The quantitative estimate of drug-likeness (QED) is 0.372. The predicted molar refractivity (Wildman–Crippen MR) is 138 cm³/mol.